The van der Waals surface area contributed by atoms with Gasteiger partial charge in [0.15, 0.2) is 8.32 Å². The largest absolute Gasteiger partial charge is 0.506 e. The third kappa shape index (κ3) is 6.91. The van der Waals surface area contributed by atoms with Gasteiger partial charge < -0.3 is 19.0 Å². The molecule has 26 heavy (non-hydrogen) atoms. The summed E-state index contributed by atoms with van der Waals surface area (Å²) in [6.45, 7) is 9.29. The lowest BCUT2D eigenvalue weighted by Crippen LogP contribution is -2.40. The van der Waals surface area contributed by atoms with E-state index in [0.29, 0.717) is 12.0 Å². The Labute approximate surface area is 154 Å². The van der Waals surface area contributed by atoms with E-state index in [1.807, 2.05) is 0 Å². The van der Waals surface area contributed by atoms with Crippen LogP contribution < -0.4 is 4.74 Å². The first-order valence-electron chi connectivity index (χ1n) is 8.42. The average molecular weight is 390 g/mol. The van der Waals surface area contributed by atoms with Crippen molar-refractivity contribution >= 4 is 14.5 Å². The van der Waals surface area contributed by atoms with Crippen LogP contribution >= 0.6 is 0 Å². The molecule has 1 rings (SSSR count). The Hall–Kier alpha value is -1.67. The van der Waals surface area contributed by atoms with E-state index in [4.69, 9.17) is 9.53 Å². The van der Waals surface area contributed by atoms with Gasteiger partial charge in [-0.2, -0.15) is 8.78 Å². The molecule has 8 heteroatoms. The number of carboxylic acid groups (broad SMARTS) is 1. The molecule has 0 saturated carbocycles. The molecule has 1 N–H and O–H groups in total. The first kappa shape index (κ1) is 22.4. The molecule has 0 spiro atoms. The Morgan fingerprint density at radius 3 is 2.38 bits per heavy atom. The van der Waals surface area contributed by atoms with Crippen LogP contribution in [0.2, 0.25) is 18.1 Å². The van der Waals surface area contributed by atoms with Gasteiger partial charge >= 0.3 is 12.8 Å². The summed E-state index contributed by atoms with van der Waals surface area (Å²) in [7, 11) is -2.07. The summed E-state index contributed by atoms with van der Waals surface area (Å²) in [5.41, 5.74) is 1.27. The molecule has 5 nitrogen and oxygen atoms in total. The van der Waals surface area contributed by atoms with Gasteiger partial charge in [0.05, 0.1) is 6.61 Å². The summed E-state index contributed by atoms with van der Waals surface area (Å²) < 4.78 is 40.8. The van der Waals surface area contributed by atoms with E-state index in [-0.39, 0.29) is 17.4 Å². The average Bonchev–Trinajstić information content (AvgIpc) is 2.44. The van der Waals surface area contributed by atoms with Gasteiger partial charge in [-0.05, 0) is 42.8 Å². The molecule has 148 valence electrons. The highest BCUT2D eigenvalue weighted by atomic mass is 28.4. The highest BCUT2D eigenvalue weighted by Gasteiger charge is 2.37. The summed E-state index contributed by atoms with van der Waals surface area (Å²) in [5, 5.41) is 8.65. The predicted octanol–water partition coefficient (Wildman–Crippen LogP) is 5.44. The predicted molar refractivity (Wildman–Crippen MR) is 97.3 cm³/mol. The zero-order chi connectivity index (χ0) is 20.1. The van der Waals surface area contributed by atoms with Crippen LogP contribution in [0.25, 0.3) is 0 Å². The van der Waals surface area contributed by atoms with Crippen LogP contribution in [0.15, 0.2) is 18.2 Å². The molecule has 0 saturated heterocycles. The van der Waals surface area contributed by atoms with Crippen molar-refractivity contribution in [1.82, 2.24) is 0 Å². The molecule has 0 aliphatic carbocycles. The van der Waals surface area contributed by atoms with Crippen LogP contribution in [0.5, 0.6) is 5.75 Å². The molecule has 0 aromatic heterocycles. The number of benzene rings is 1. The minimum atomic E-state index is -2.93. The zero-order valence-electron chi connectivity index (χ0n) is 16.1. The third-order valence-corrected chi connectivity index (χ3v) is 9.04. The van der Waals surface area contributed by atoms with Crippen molar-refractivity contribution in [1.29, 1.82) is 0 Å². The van der Waals surface area contributed by atoms with Crippen LogP contribution in [0.1, 0.15) is 38.8 Å². The minimum Gasteiger partial charge on any atom is -0.450 e. The number of halogens is 2. The van der Waals surface area contributed by atoms with Crippen LogP contribution in [-0.2, 0) is 22.2 Å². The highest BCUT2D eigenvalue weighted by molar-refractivity contribution is 6.74. The van der Waals surface area contributed by atoms with Gasteiger partial charge in [0.2, 0.25) is 0 Å². The molecule has 0 radical (unpaired) electrons. The third-order valence-electron chi connectivity index (χ3n) is 4.56. The molecule has 1 aromatic rings. The van der Waals surface area contributed by atoms with E-state index >= 15 is 0 Å². The van der Waals surface area contributed by atoms with E-state index in [2.05, 4.69) is 43.3 Å². The molecular formula is C18H28F2O5Si. The molecule has 0 aliphatic heterocycles. The summed E-state index contributed by atoms with van der Waals surface area (Å²) in [5.74, 6) is 0.0641. The molecule has 0 fully saturated rings. The maximum absolute atomic E-state index is 12.7. The topological polar surface area (TPSA) is 65.0 Å². The maximum Gasteiger partial charge on any atom is 0.506 e. The molecule has 0 bridgehead atoms. The lowest BCUT2D eigenvalue weighted by molar-refractivity contribution is -0.0509. The van der Waals surface area contributed by atoms with Gasteiger partial charge in [-0.3, -0.25) is 0 Å². The second-order valence-electron chi connectivity index (χ2n) is 7.77. The van der Waals surface area contributed by atoms with Gasteiger partial charge in [0, 0.05) is 12.0 Å². The molecule has 0 aliphatic rings. The Bertz CT molecular complexity index is 614. The number of hydrogen-bond donors (Lipinski definition) is 1. The fourth-order valence-corrected chi connectivity index (χ4v) is 3.05. The lowest BCUT2D eigenvalue weighted by Gasteiger charge is -2.36. The summed E-state index contributed by atoms with van der Waals surface area (Å²) in [6.07, 6.45) is -1.57. The second kappa shape index (κ2) is 8.81. The number of hydrogen-bond acceptors (Lipinski definition) is 4. The molecule has 0 amide bonds. The standard InChI is InChI=1S/C18H28F2O5Si/c1-12(24-17(21)22)9-13-7-8-15(25-16(19)20)14(10-13)11-23-26(5,6)18(2,3)4/h7-8,10,12,16H,9,11H2,1-6H3,(H,21,22). The van der Waals surface area contributed by atoms with Gasteiger partial charge in [-0.1, -0.05) is 26.8 Å². The van der Waals surface area contributed by atoms with E-state index in [0.717, 1.165) is 5.56 Å². The van der Waals surface area contributed by atoms with Gasteiger partial charge in [-0.25, -0.2) is 4.79 Å². The SMILES string of the molecule is CC(Cc1ccc(OC(F)F)c(CO[Si](C)(C)C(C)(C)C)c1)OC(=O)O. The zero-order valence-corrected chi connectivity index (χ0v) is 17.1. The van der Waals surface area contributed by atoms with Crippen molar-refractivity contribution < 1.29 is 32.6 Å². The van der Waals surface area contributed by atoms with Crippen molar-refractivity contribution in [2.45, 2.75) is 71.6 Å². The summed E-state index contributed by atoms with van der Waals surface area (Å²) >= 11 is 0. The van der Waals surface area contributed by atoms with E-state index < -0.39 is 27.2 Å². The monoisotopic (exact) mass is 390 g/mol. The van der Waals surface area contributed by atoms with E-state index in [9.17, 15) is 13.6 Å². The van der Waals surface area contributed by atoms with Gasteiger partial charge in [-0.15, -0.1) is 0 Å². The Morgan fingerprint density at radius 2 is 1.88 bits per heavy atom. The van der Waals surface area contributed by atoms with Crippen molar-refractivity contribution in [3.8, 4) is 5.75 Å². The van der Waals surface area contributed by atoms with Crippen molar-refractivity contribution in [2.24, 2.45) is 0 Å². The molecule has 0 heterocycles. The number of rotatable bonds is 8. The Balaban J connectivity index is 3.00. The molecule has 1 unspecified atom stereocenters. The van der Waals surface area contributed by atoms with E-state index in [1.54, 1.807) is 19.1 Å². The number of alkyl halides is 2. The second-order valence-corrected chi connectivity index (χ2v) is 12.6. The normalized spacial score (nSPS) is 13.6. The van der Waals surface area contributed by atoms with Crippen LogP contribution in [0.3, 0.4) is 0 Å². The van der Waals surface area contributed by atoms with E-state index in [1.165, 1.54) is 6.07 Å². The Kier molecular flexibility index (Phi) is 7.58. The molecular weight excluding hydrogens is 362 g/mol. The minimum absolute atomic E-state index is 0.0157. The fourth-order valence-electron chi connectivity index (χ4n) is 2.10. The maximum atomic E-state index is 12.7. The summed E-state index contributed by atoms with van der Waals surface area (Å²) in [4.78, 5) is 10.6. The molecule has 1 atom stereocenters. The quantitative estimate of drug-likeness (QED) is 0.473. The van der Waals surface area contributed by atoms with Crippen molar-refractivity contribution in [2.75, 3.05) is 0 Å². The first-order valence-corrected chi connectivity index (χ1v) is 11.3. The Morgan fingerprint density at radius 1 is 1.27 bits per heavy atom. The van der Waals surface area contributed by atoms with Crippen LogP contribution in [0.4, 0.5) is 13.6 Å². The lowest BCUT2D eigenvalue weighted by atomic mass is 10.0. The van der Waals surface area contributed by atoms with Crippen LogP contribution in [-0.4, -0.2) is 32.3 Å². The summed E-state index contributed by atoms with van der Waals surface area (Å²) in [6, 6.07) is 4.78. The fraction of sp³-hybridized carbons (Fsp3) is 0.611. The smallest absolute Gasteiger partial charge is 0.450 e. The highest BCUT2D eigenvalue weighted by Crippen LogP contribution is 2.37. The van der Waals surface area contributed by atoms with Crippen molar-refractivity contribution in [3.05, 3.63) is 29.3 Å². The van der Waals surface area contributed by atoms with Crippen LogP contribution in [0, 0.1) is 0 Å². The van der Waals surface area contributed by atoms with Crippen molar-refractivity contribution in [3.63, 3.8) is 0 Å². The van der Waals surface area contributed by atoms with Gasteiger partial charge in [0.25, 0.3) is 0 Å². The number of ether oxygens (including phenoxy) is 2. The van der Waals surface area contributed by atoms with Gasteiger partial charge in [0.1, 0.15) is 11.9 Å². The first-order chi connectivity index (χ1) is 11.8. The number of carbonyl (C=O) groups is 1. The molecule has 1 aromatic carbocycles.